The van der Waals surface area contributed by atoms with Crippen LogP contribution >= 0.6 is 11.8 Å². The van der Waals surface area contributed by atoms with Crippen molar-refractivity contribution >= 4 is 34.7 Å². The highest BCUT2D eigenvalue weighted by molar-refractivity contribution is 8.14. The Kier molecular flexibility index (Phi) is 9.48. The van der Waals surface area contributed by atoms with Gasteiger partial charge in [-0.15, -0.1) is 0 Å². The Morgan fingerprint density at radius 3 is 2.40 bits per heavy atom. The maximum absolute atomic E-state index is 13.4. The predicted octanol–water partition coefficient (Wildman–Crippen LogP) is 3.60. The number of rotatable bonds is 9. The number of thioether (sulfide) groups is 1. The van der Waals surface area contributed by atoms with Gasteiger partial charge in [-0.05, 0) is 49.8 Å². The van der Waals surface area contributed by atoms with Gasteiger partial charge in [-0.25, -0.2) is 4.79 Å². The molecule has 1 aliphatic rings. The lowest BCUT2D eigenvalue weighted by atomic mass is 9.99. The molecule has 1 aliphatic heterocycles. The van der Waals surface area contributed by atoms with E-state index in [1.807, 2.05) is 61.5 Å². The number of hydrogen-bond donors (Lipinski definition) is 1. The molecule has 0 bridgehead atoms. The summed E-state index contributed by atoms with van der Waals surface area (Å²) in [6.45, 7) is 5.09. The number of carbonyl (C=O) groups excluding carboxylic acids is 4. The summed E-state index contributed by atoms with van der Waals surface area (Å²) in [5, 5.41) is 1.88. The first kappa shape index (κ1) is 26.5. The first-order valence-electron chi connectivity index (χ1n) is 11.8. The van der Waals surface area contributed by atoms with Gasteiger partial charge in [-0.3, -0.25) is 14.4 Å². The number of benzene rings is 2. The monoisotopic (exact) mass is 496 g/mol. The highest BCUT2D eigenvalue weighted by atomic mass is 32.2. The van der Waals surface area contributed by atoms with E-state index in [0.29, 0.717) is 19.3 Å². The lowest BCUT2D eigenvalue weighted by Gasteiger charge is -2.30. The number of esters is 1. The number of likely N-dealkylation sites (tertiary alicyclic amines) is 1. The molecule has 35 heavy (non-hydrogen) atoms. The van der Waals surface area contributed by atoms with E-state index >= 15 is 0 Å². The molecule has 2 amide bonds. The van der Waals surface area contributed by atoms with E-state index in [9.17, 15) is 19.2 Å². The third kappa shape index (κ3) is 6.94. The van der Waals surface area contributed by atoms with Crippen LogP contribution in [0.1, 0.15) is 49.4 Å². The molecule has 2 aromatic rings. The van der Waals surface area contributed by atoms with Crippen LogP contribution in [0.15, 0.2) is 54.6 Å². The normalized spacial score (nSPS) is 18.1. The zero-order valence-corrected chi connectivity index (χ0v) is 21.2. The molecular weight excluding hydrogens is 464 g/mol. The zero-order valence-electron chi connectivity index (χ0n) is 20.4. The highest BCUT2D eigenvalue weighted by Gasteiger charge is 2.42. The summed E-state index contributed by atoms with van der Waals surface area (Å²) >= 11 is 0.948. The summed E-state index contributed by atoms with van der Waals surface area (Å²) in [5.74, 6) is -1.17. The maximum Gasteiger partial charge on any atom is 0.328 e. The van der Waals surface area contributed by atoms with Crippen molar-refractivity contribution in [3.8, 4) is 0 Å². The highest BCUT2D eigenvalue weighted by Crippen LogP contribution is 2.38. The summed E-state index contributed by atoms with van der Waals surface area (Å²) in [4.78, 5) is 52.3. The first-order valence-corrected chi connectivity index (χ1v) is 12.7. The van der Waals surface area contributed by atoms with Gasteiger partial charge in [0.2, 0.25) is 11.8 Å². The topological polar surface area (TPSA) is 92.8 Å². The second-order valence-corrected chi connectivity index (χ2v) is 9.90. The molecular formula is C27H32N2O5S. The van der Waals surface area contributed by atoms with Crippen LogP contribution in [0.3, 0.4) is 0 Å². The van der Waals surface area contributed by atoms with Crippen molar-refractivity contribution in [3.63, 3.8) is 0 Å². The van der Waals surface area contributed by atoms with E-state index < -0.39 is 17.3 Å². The van der Waals surface area contributed by atoms with Crippen LogP contribution < -0.4 is 5.32 Å². The molecule has 0 spiro atoms. The van der Waals surface area contributed by atoms with Crippen LogP contribution in [-0.4, -0.2) is 52.2 Å². The Balaban J connectivity index is 1.75. The van der Waals surface area contributed by atoms with Gasteiger partial charge in [0, 0.05) is 6.92 Å². The van der Waals surface area contributed by atoms with Crippen molar-refractivity contribution in [2.75, 3.05) is 13.2 Å². The van der Waals surface area contributed by atoms with Gasteiger partial charge in [0.15, 0.2) is 5.12 Å². The van der Waals surface area contributed by atoms with Gasteiger partial charge in [-0.2, -0.15) is 0 Å². The largest absolute Gasteiger partial charge is 0.464 e. The number of hydrogen-bond acceptors (Lipinski definition) is 6. The summed E-state index contributed by atoms with van der Waals surface area (Å²) in [7, 11) is 0. The summed E-state index contributed by atoms with van der Waals surface area (Å²) in [6, 6.07) is 16.2. The molecule has 1 N–H and O–H groups in total. The fraction of sp³-hybridized carbons (Fsp3) is 0.407. The number of aryl methyl sites for hydroxylation is 1. The molecule has 8 heteroatoms. The maximum atomic E-state index is 13.4. The van der Waals surface area contributed by atoms with E-state index in [2.05, 4.69) is 5.32 Å². The van der Waals surface area contributed by atoms with Gasteiger partial charge < -0.3 is 15.0 Å². The van der Waals surface area contributed by atoms with Crippen LogP contribution in [0.5, 0.6) is 0 Å². The third-order valence-corrected chi connectivity index (χ3v) is 7.05. The van der Waals surface area contributed by atoms with E-state index in [-0.39, 0.29) is 36.1 Å². The van der Waals surface area contributed by atoms with Crippen molar-refractivity contribution < 1.29 is 23.9 Å². The minimum absolute atomic E-state index is 0.172. The average Bonchev–Trinajstić information content (AvgIpc) is 3.28. The van der Waals surface area contributed by atoms with E-state index in [4.69, 9.17) is 4.74 Å². The Morgan fingerprint density at radius 1 is 1.06 bits per heavy atom. The van der Waals surface area contributed by atoms with E-state index in [0.717, 1.165) is 28.5 Å². The lowest BCUT2D eigenvalue weighted by molar-refractivity contribution is -0.154. The Bertz CT molecular complexity index is 1060. The van der Waals surface area contributed by atoms with Gasteiger partial charge >= 0.3 is 5.97 Å². The zero-order chi connectivity index (χ0) is 25.4. The fourth-order valence-corrected chi connectivity index (χ4v) is 5.35. The minimum atomic E-state index is -0.698. The molecule has 7 nitrogen and oxygen atoms in total. The molecule has 186 valence electrons. The Hall–Kier alpha value is -3.13. The minimum Gasteiger partial charge on any atom is -0.464 e. The Morgan fingerprint density at radius 2 is 1.74 bits per heavy atom. The second-order valence-electron chi connectivity index (χ2n) is 8.52. The van der Waals surface area contributed by atoms with Crippen molar-refractivity contribution in [3.05, 3.63) is 71.3 Å². The predicted molar refractivity (Wildman–Crippen MR) is 136 cm³/mol. The molecule has 0 radical (unpaired) electrons. The molecule has 1 heterocycles. The van der Waals surface area contributed by atoms with Gasteiger partial charge in [0.1, 0.15) is 6.04 Å². The standard InChI is InChI=1S/C27H32N2O5S/c1-4-34-27(33)23-15-14-22(21-13-9-8-10-18(21)2)29(23)25(31)17-28-26(32)24(35-19(3)30)16-20-11-6-5-7-12-20/h5-13,22-24H,4,14-17H2,1-3H3,(H,28,32)/t22-,23+,24-/m0/s1. The molecule has 2 aromatic carbocycles. The Labute approximate surface area is 210 Å². The van der Waals surface area contributed by atoms with E-state index in [1.165, 1.54) is 6.92 Å². The van der Waals surface area contributed by atoms with Crippen LogP contribution in [0, 0.1) is 6.92 Å². The molecule has 0 aromatic heterocycles. The third-order valence-electron chi connectivity index (χ3n) is 6.06. The number of nitrogens with one attached hydrogen (secondary N) is 1. The molecule has 3 atom stereocenters. The van der Waals surface area contributed by atoms with Crippen molar-refractivity contribution in [1.29, 1.82) is 0 Å². The van der Waals surface area contributed by atoms with Crippen molar-refractivity contribution in [2.45, 2.75) is 57.4 Å². The SMILES string of the molecule is CCOC(=O)[C@H]1CC[C@@H](c2ccccc2C)N1C(=O)CNC(=O)[C@H](Cc1ccccc1)SC(C)=O. The fourth-order valence-electron chi connectivity index (χ4n) is 4.48. The summed E-state index contributed by atoms with van der Waals surface area (Å²) in [6.07, 6.45) is 1.49. The second kappa shape index (κ2) is 12.5. The molecule has 1 fully saturated rings. The molecule has 3 rings (SSSR count). The number of carbonyl (C=O) groups is 4. The lowest BCUT2D eigenvalue weighted by Crippen LogP contribution is -2.48. The molecule has 0 saturated carbocycles. The average molecular weight is 497 g/mol. The molecule has 0 aliphatic carbocycles. The van der Waals surface area contributed by atoms with Crippen LogP contribution in [-0.2, 0) is 30.3 Å². The number of nitrogens with zero attached hydrogens (tertiary/aromatic N) is 1. The van der Waals surface area contributed by atoms with Gasteiger partial charge in [-0.1, -0.05) is 66.4 Å². The molecule has 0 unspecified atom stereocenters. The first-order chi connectivity index (χ1) is 16.8. The number of ether oxygens (including phenoxy) is 1. The van der Waals surface area contributed by atoms with Crippen LogP contribution in [0.4, 0.5) is 0 Å². The van der Waals surface area contributed by atoms with Crippen molar-refractivity contribution in [1.82, 2.24) is 10.2 Å². The van der Waals surface area contributed by atoms with E-state index in [1.54, 1.807) is 11.8 Å². The van der Waals surface area contributed by atoms with Gasteiger partial charge in [0.25, 0.3) is 0 Å². The smallest absolute Gasteiger partial charge is 0.328 e. The number of amides is 2. The van der Waals surface area contributed by atoms with Crippen molar-refractivity contribution in [2.24, 2.45) is 0 Å². The van der Waals surface area contributed by atoms with Crippen LogP contribution in [0.2, 0.25) is 0 Å². The summed E-state index contributed by atoms with van der Waals surface area (Å²) < 4.78 is 5.23. The molecule has 1 saturated heterocycles. The van der Waals surface area contributed by atoms with Crippen LogP contribution in [0.25, 0.3) is 0 Å². The quantitative estimate of drug-likeness (QED) is 0.534. The van der Waals surface area contributed by atoms with Gasteiger partial charge in [0.05, 0.1) is 24.4 Å². The summed E-state index contributed by atoms with van der Waals surface area (Å²) in [5.41, 5.74) is 2.94.